The van der Waals surface area contributed by atoms with Gasteiger partial charge in [0.05, 0.1) is 7.11 Å². The fraction of sp³-hybridized carbons (Fsp3) is 0.381. The highest BCUT2D eigenvalue weighted by Gasteiger charge is 2.26. The highest BCUT2D eigenvalue weighted by atomic mass is 32.2. The van der Waals surface area contributed by atoms with Crippen LogP contribution < -0.4 is 4.74 Å². The van der Waals surface area contributed by atoms with Crippen molar-refractivity contribution in [2.75, 3.05) is 26.5 Å². The molecule has 138 valence electrons. The first-order valence-corrected chi connectivity index (χ1v) is 10.1. The second-order valence-corrected chi connectivity index (χ2v) is 7.55. The van der Waals surface area contributed by atoms with Crippen LogP contribution in [-0.4, -0.2) is 42.2 Å². The van der Waals surface area contributed by atoms with Gasteiger partial charge in [-0.15, -0.1) is 11.8 Å². The first-order valence-electron chi connectivity index (χ1n) is 8.87. The summed E-state index contributed by atoms with van der Waals surface area (Å²) in [7, 11) is 1.55. The summed E-state index contributed by atoms with van der Waals surface area (Å²) in [6.07, 6.45) is 4.00. The molecule has 1 saturated heterocycles. The lowest BCUT2D eigenvalue weighted by Gasteiger charge is -2.32. The Morgan fingerprint density at radius 3 is 2.73 bits per heavy atom. The van der Waals surface area contributed by atoms with Gasteiger partial charge in [0.25, 0.3) is 0 Å². The topological polar surface area (TPSA) is 49.8 Å². The van der Waals surface area contributed by atoms with Gasteiger partial charge in [0.1, 0.15) is 0 Å². The summed E-state index contributed by atoms with van der Waals surface area (Å²) in [4.78, 5) is 16.3. The van der Waals surface area contributed by atoms with Gasteiger partial charge < -0.3 is 9.84 Å². The minimum Gasteiger partial charge on any atom is -0.504 e. The van der Waals surface area contributed by atoms with E-state index in [1.54, 1.807) is 24.9 Å². The molecule has 0 amide bonds. The van der Waals surface area contributed by atoms with Gasteiger partial charge in [0.15, 0.2) is 17.3 Å². The molecule has 0 radical (unpaired) electrons. The molecule has 0 saturated carbocycles. The number of phenols is 1. The van der Waals surface area contributed by atoms with Gasteiger partial charge in [-0.3, -0.25) is 9.69 Å². The van der Waals surface area contributed by atoms with Crippen molar-refractivity contribution in [3.8, 4) is 11.5 Å². The molecule has 0 aromatic heterocycles. The summed E-state index contributed by atoms with van der Waals surface area (Å²) in [5, 5.41) is 9.73. The molecule has 26 heavy (non-hydrogen) atoms. The number of nitrogens with zero attached hydrogens (tertiary/aromatic N) is 1. The number of methoxy groups -OCH3 is 1. The molecule has 2 aromatic rings. The monoisotopic (exact) mass is 371 g/mol. The van der Waals surface area contributed by atoms with Crippen molar-refractivity contribution in [1.29, 1.82) is 0 Å². The Kier molecular flexibility index (Phi) is 6.22. The van der Waals surface area contributed by atoms with Gasteiger partial charge in [-0.1, -0.05) is 18.2 Å². The molecule has 0 unspecified atom stereocenters. The van der Waals surface area contributed by atoms with Crippen LogP contribution in [-0.2, 0) is 6.54 Å². The number of hydrogen-bond acceptors (Lipinski definition) is 5. The van der Waals surface area contributed by atoms with E-state index in [-0.39, 0.29) is 17.5 Å². The SMILES string of the molecule is COc1cc(CN2CCC[C@H](C(=O)c3ccc(SC)cc3)C2)ccc1O. The molecule has 1 heterocycles. The van der Waals surface area contributed by atoms with Crippen LogP contribution in [0.5, 0.6) is 11.5 Å². The van der Waals surface area contributed by atoms with Gasteiger partial charge >= 0.3 is 0 Å². The molecular formula is C21H25NO3S. The number of ether oxygens (including phenoxy) is 1. The van der Waals surface area contributed by atoms with Gasteiger partial charge in [-0.05, 0) is 55.5 Å². The maximum atomic E-state index is 12.9. The van der Waals surface area contributed by atoms with Crippen LogP contribution in [0.15, 0.2) is 47.4 Å². The van der Waals surface area contributed by atoms with E-state index >= 15 is 0 Å². The number of carbonyl (C=O) groups excluding carboxylic acids is 1. The number of hydrogen-bond donors (Lipinski definition) is 1. The Balaban J connectivity index is 1.65. The lowest BCUT2D eigenvalue weighted by Crippen LogP contribution is -2.38. The van der Waals surface area contributed by atoms with Crippen LogP contribution >= 0.6 is 11.8 Å². The fourth-order valence-electron chi connectivity index (χ4n) is 3.48. The molecule has 1 fully saturated rings. The molecule has 0 aliphatic carbocycles. The van der Waals surface area contributed by atoms with Crippen molar-refractivity contribution in [3.63, 3.8) is 0 Å². The minimum atomic E-state index is 0.0443. The van der Waals surface area contributed by atoms with Gasteiger partial charge in [-0.2, -0.15) is 0 Å². The zero-order valence-electron chi connectivity index (χ0n) is 15.3. The second-order valence-electron chi connectivity index (χ2n) is 6.67. The van der Waals surface area contributed by atoms with Gasteiger partial charge in [-0.25, -0.2) is 0 Å². The predicted octanol–water partition coefficient (Wildman–Crippen LogP) is 4.22. The predicted molar refractivity (Wildman–Crippen MR) is 105 cm³/mol. The highest BCUT2D eigenvalue weighted by Crippen LogP contribution is 2.28. The lowest BCUT2D eigenvalue weighted by molar-refractivity contribution is 0.0811. The van der Waals surface area contributed by atoms with Crippen molar-refractivity contribution in [2.24, 2.45) is 5.92 Å². The summed E-state index contributed by atoms with van der Waals surface area (Å²) >= 11 is 1.68. The van der Waals surface area contributed by atoms with Crippen LogP contribution in [0.3, 0.4) is 0 Å². The van der Waals surface area contributed by atoms with Crippen LogP contribution in [0.2, 0.25) is 0 Å². The van der Waals surface area contributed by atoms with E-state index in [4.69, 9.17) is 4.74 Å². The fourth-order valence-corrected chi connectivity index (χ4v) is 3.89. The van der Waals surface area contributed by atoms with E-state index < -0.39 is 0 Å². The maximum absolute atomic E-state index is 12.9. The van der Waals surface area contributed by atoms with Crippen LogP contribution in [0, 0.1) is 5.92 Å². The van der Waals surface area contributed by atoms with Crippen LogP contribution in [0.1, 0.15) is 28.8 Å². The Bertz CT molecular complexity index is 760. The molecule has 4 nitrogen and oxygen atoms in total. The zero-order valence-corrected chi connectivity index (χ0v) is 16.1. The standard InChI is InChI=1S/C21H25NO3S/c1-25-20-12-15(5-10-19(20)23)13-22-11-3-4-17(14-22)21(24)16-6-8-18(26-2)9-7-16/h5-10,12,17,23H,3-4,11,13-14H2,1-2H3/t17-/m0/s1. The lowest BCUT2D eigenvalue weighted by atomic mass is 9.90. The molecule has 3 rings (SSSR count). The first kappa shape index (κ1) is 18.8. The van der Waals surface area contributed by atoms with Crippen LogP contribution in [0.4, 0.5) is 0 Å². The number of benzene rings is 2. The Labute approximate surface area is 159 Å². The average molecular weight is 372 g/mol. The third-order valence-electron chi connectivity index (χ3n) is 4.90. The van der Waals surface area contributed by atoms with Gasteiger partial charge in [0.2, 0.25) is 0 Å². The normalized spacial score (nSPS) is 17.8. The maximum Gasteiger partial charge on any atom is 0.167 e. The van der Waals surface area contributed by atoms with E-state index in [1.807, 2.05) is 42.7 Å². The number of thioether (sulfide) groups is 1. The van der Waals surface area contributed by atoms with Gasteiger partial charge in [0, 0.05) is 29.5 Å². The summed E-state index contributed by atoms with van der Waals surface area (Å²) in [5.41, 5.74) is 1.89. The molecule has 0 spiro atoms. The molecular weight excluding hydrogens is 346 g/mol. The first-order chi connectivity index (χ1) is 12.6. The largest absolute Gasteiger partial charge is 0.504 e. The Hall–Kier alpha value is -1.98. The Morgan fingerprint density at radius 1 is 1.27 bits per heavy atom. The van der Waals surface area contributed by atoms with Crippen molar-refractivity contribution in [3.05, 3.63) is 53.6 Å². The smallest absolute Gasteiger partial charge is 0.167 e. The molecule has 1 atom stereocenters. The molecule has 0 bridgehead atoms. The van der Waals surface area contributed by atoms with Crippen molar-refractivity contribution in [2.45, 2.75) is 24.3 Å². The number of phenolic OH excluding ortho intramolecular Hbond substituents is 1. The van der Waals surface area contributed by atoms with E-state index in [9.17, 15) is 9.90 Å². The number of ketones is 1. The highest BCUT2D eigenvalue weighted by molar-refractivity contribution is 7.98. The van der Waals surface area contributed by atoms with Crippen molar-refractivity contribution < 1.29 is 14.6 Å². The van der Waals surface area contributed by atoms with Crippen molar-refractivity contribution in [1.82, 2.24) is 4.90 Å². The number of carbonyl (C=O) groups is 1. The minimum absolute atomic E-state index is 0.0443. The number of likely N-dealkylation sites (tertiary alicyclic amines) is 1. The summed E-state index contributed by atoms with van der Waals surface area (Å²) in [6.45, 7) is 2.51. The molecule has 5 heteroatoms. The van der Waals surface area contributed by atoms with Crippen LogP contribution in [0.25, 0.3) is 0 Å². The van der Waals surface area contributed by atoms with E-state index in [0.29, 0.717) is 5.75 Å². The molecule has 1 aliphatic rings. The summed E-state index contributed by atoms with van der Waals surface area (Å²) in [6, 6.07) is 13.3. The number of piperidine rings is 1. The quantitative estimate of drug-likeness (QED) is 0.609. The van der Waals surface area contributed by atoms with E-state index in [0.717, 1.165) is 43.6 Å². The molecule has 2 aromatic carbocycles. The third-order valence-corrected chi connectivity index (χ3v) is 5.64. The van der Waals surface area contributed by atoms with Crippen molar-refractivity contribution >= 4 is 17.5 Å². The summed E-state index contributed by atoms with van der Waals surface area (Å²) < 4.78 is 5.19. The number of rotatable bonds is 6. The third kappa shape index (κ3) is 4.40. The second kappa shape index (κ2) is 8.60. The van der Waals surface area contributed by atoms with E-state index in [1.165, 1.54) is 4.90 Å². The molecule has 1 N–H and O–H groups in total. The number of aromatic hydroxyl groups is 1. The molecule has 1 aliphatic heterocycles. The Morgan fingerprint density at radius 2 is 2.04 bits per heavy atom. The summed E-state index contributed by atoms with van der Waals surface area (Å²) in [5.74, 6) is 0.922. The van der Waals surface area contributed by atoms with E-state index in [2.05, 4.69) is 4.90 Å². The zero-order chi connectivity index (χ0) is 18.5. The average Bonchev–Trinajstić information content (AvgIpc) is 2.69. The number of Topliss-reactive ketones (excluding diaryl/α,β-unsaturated/α-hetero) is 1.